The van der Waals surface area contributed by atoms with Gasteiger partial charge in [0.2, 0.25) is 5.89 Å². The molecule has 2 aromatic heterocycles. The Kier molecular flexibility index (Phi) is 4.14. The summed E-state index contributed by atoms with van der Waals surface area (Å²) in [6, 6.07) is 3.37. The molecule has 4 rings (SSSR count). The lowest BCUT2D eigenvalue weighted by Crippen LogP contribution is -2.49. The smallest absolute Gasteiger partial charge is 0.317 e. The Labute approximate surface area is 150 Å². The fourth-order valence-corrected chi connectivity index (χ4v) is 3.61. The summed E-state index contributed by atoms with van der Waals surface area (Å²) in [6.07, 6.45) is 3.59. The Hall–Kier alpha value is -2.84. The van der Waals surface area contributed by atoms with Gasteiger partial charge in [0.25, 0.3) is 5.91 Å². The van der Waals surface area contributed by atoms with E-state index in [1.54, 1.807) is 16.8 Å². The SMILES string of the molecule is CNC(=O)N1CCCC1c1nc(C2CN(C(=O)c3cccn3C)C2)no1. The Morgan fingerprint density at radius 1 is 1.35 bits per heavy atom. The molecule has 9 nitrogen and oxygen atoms in total. The summed E-state index contributed by atoms with van der Waals surface area (Å²) in [4.78, 5) is 32.4. The molecule has 1 N–H and O–H groups in total. The lowest BCUT2D eigenvalue weighted by Gasteiger charge is -2.37. The summed E-state index contributed by atoms with van der Waals surface area (Å²) < 4.78 is 7.24. The number of nitrogens with zero attached hydrogens (tertiary/aromatic N) is 5. The first-order valence-electron chi connectivity index (χ1n) is 8.81. The molecule has 0 aromatic carbocycles. The molecule has 0 saturated carbocycles. The molecule has 2 aromatic rings. The number of carbonyl (C=O) groups is 2. The van der Waals surface area contributed by atoms with Crippen molar-refractivity contribution in [3.8, 4) is 0 Å². The first-order chi connectivity index (χ1) is 12.6. The molecule has 4 heterocycles. The maximum absolute atomic E-state index is 12.4. The standard InChI is InChI=1S/C17H22N6O3/c1-18-17(25)23-8-4-5-12(23)15-19-14(20-26-15)11-9-22(10-11)16(24)13-6-3-7-21(13)2/h3,6-7,11-12H,4-5,8-10H2,1-2H3,(H,18,25). The third-order valence-electron chi connectivity index (χ3n) is 5.17. The minimum Gasteiger partial charge on any atom is -0.347 e. The Morgan fingerprint density at radius 3 is 2.85 bits per heavy atom. The molecule has 3 amide bonds. The fraction of sp³-hybridized carbons (Fsp3) is 0.529. The Morgan fingerprint density at radius 2 is 2.15 bits per heavy atom. The van der Waals surface area contributed by atoms with E-state index < -0.39 is 0 Å². The van der Waals surface area contributed by atoms with Crippen molar-refractivity contribution in [3.05, 3.63) is 35.7 Å². The number of amides is 3. The van der Waals surface area contributed by atoms with Crippen LogP contribution in [0.15, 0.2) is 22.9 Å². The number of hydrogen-bond donors (Lipinski definition) is 1. The van der Waals surface area contributed by atoms with Gasteiger partial charge in [-0.3, -0.25) is 4.79 Å². The minimum atomic E-state index is -0.169. The van der Waals surface area contributed by atoms with Crippen LogP contribution in [0.1, 0.15) is 47.0 Å². The largest absolute Gasteiger partial charge is 0.347 e. The van der Waals surface area contributed by atoms with E-state index in [2.05, 4.69) is 15.5 Å². The Bertz CT molecular complexity index is 822. The van der Waals surface area contributed by atoms with E-state index >= 15 is 0 Å². The van der Waals surface area contributed by atoms with Crippen LogP contribution in [0.2, 0.25) is 0 Å². The van der Waals surface area contributed by atoms with Crippen molar-refractivity contribution in [3.63, 3.8) is 0 Å². The third-order valence-corrected chi connectivity index (χ3v) is 5.17. The average molecular weight is 358 g/mol. The number of nitrogens with one attached hydrogen (secondary N) is 1. The average Bonchev–Trinajstić information content (AvgIpc) is 3.32. The quantitative estimate of drug-likeness (QED) is 0.887. The summed E-state index contributed by atoms with van der Waals surface area (Å²) in [5.41, 5.74) is 0.671. The van der Waals surface area contributed by atoms with Gasteiger partial charge in [-0.15, -0.1) is 0 Å². The van der Waals surface area contributed by atoms with Gasteiger partial charge in [-0.1, -0.05) is 5.16 Å². The second-order valence-corrected chi connectivity index (χ2v) is 6.81. The van der Waals surface area contributed by atoms with Crippen LogP contribution in [0.4, 0.5) is 4.79 Å². The van der Waals surface area contributed by atoms with Crippen molar-refractivity contribution in [1.29, 1.82) is 0 Å². The summed E-state index contributed by atoms with van der Waals surface area (Å²) in [5.74, 6) is 1.18. The molecular weight excluding hydrogens is 336 g/mol. The molecule has 2 saturated heterocycles. The van der Waals surface area contributed by atoms with Crippen molar-refractivity contribution in [2.45, 2.75) is 24.8 Å². The van der Waals surface area contributed by atoms with E-state index in [0.29, 0.717) is 37.0 Å². The van der Waals surface area contributed by atoms with Crippen molar-refractivity contribution >= 4 is 11.9 Å². The summed E-state index contributed by atoms with van der Waals surface area (Å²) >= 11 is 0. The highest BCUT2D eigenvalue weighted by atomic mass is 16.5. The van der Waals surface area contributed by atoms with Gasteiger partial charge >= 0.3 is 6.03 Å². The van der Waals surface area contributed by atoms with Crippen molar-refractivity contribution in [2.75, 3.05) is 26.7 Å². The van der Waals surface area contributed by atoms with Gasteiger partial charge in [-0.25, -0.2) is 4.79 Å². The van der Waals surface area contributed by atoms with Crippen molar-refractivity contribution in [2.24, 2.45) is 7.05 Å². The molecule has 2 aliphatic rings. The predicted octanol–water partition coefficient (Wildman–Crippen LogP) is 1.12. The second-order valence-electron chi connectivity index (χ2n) is 6.81. The molecule has 1 atom stereocenters. The van der Waals surface area contributed by atoms with E-state index in [4.69, 9.17) is 4.52 Å². The van der Waals surface area contributed by atoms with E-state index in [1.165, 1.54) is 0 Å². The van der Waals surface area contributed by atoms with E-state index in [9.17, 15) is 9.59 Å². The first-order valence-corrected chi connectivity index (χ1v) is 8.81. The van der Waals surface area contributed by atoms with Gasteiger partial charge in [0.15, 0.2) is 5.82 Å². The van der Waals surface area contributed by atoms with Gasteiger partial charge < -0.3 is 24.2 Å². The molecule has 0 bridgehead atoms. The monoisotopic (exact) mass is 358 g/mol. The van der Waals surface area contributed by atoms with Crippen LogP contribution in [0.25, 0.3) is 0 Å². The minimum absolute atomic E-state index is 0.0130. The zero-order chi connectivity index (χ0) is 18.3. The summed E-state index contributed by atoms with van der Waals surface area (Å²) in [6.45, 7) is 1.84. The highest BCUT2D eigenvalue weighted by Gasteiger charge is 2.38. The van der Waals surface area contributed by atoms with Crippen LogP contribution >= 0.6 is 0 Å². The number of hydrogen-bond acceptors (Lipinski definition) is 5. The molecular formula is C17H22N6O3. The van der Waals surface area contributed by atoms with Crippen LogP contribution in [0.3, 0.4) is 0 Å². The highest BCUT2D eigenvalue weighted by Crippen LogP contribution is 2.33. The summed E-state index contributed by atoms with van der Waals surface area (Å²) in [5, 5.41) is 6.73. The zero-order valence-electron chi connectivity index (χ0n) is 14.9. The second kappa shape index (κ2) is 6.47. The molecule has 0 aliphatic carbocycles. The van der Waals surface area contributed by atoms with Crippen LogP contribution < -0.4 is 5.32 Å². The number of aryl methyl sites for hydroxylation is 1. The van der Waals surface area contributed by atoms with Gasteiger partial charge in [0.05, 0.1) is 5.92 Å². The molecule has 9 heteroatoms. The van der Waals surface area contributed by atoms with Crippen LogP contribution in [-0.2, 0) is 7.05 Å². The number of rotatable bonds is 3. The Balaban J connectivity index is 1.40. The van der Waals surface area contributed by atoms with E-state index in [1.807, 2.05) is 29.9 Å². The molecule has 138 valence electrons. The van der Waals surface area contributed by atoms with Gasteiger partial charge in [0, 0.05) is 39.9 Å². The van der Waals surface area contributed by atoms with E-state index in [-0.39, 0.29) is 23.9 Å². The number of urea groups is 1. The number of likely N-dealkylation sites (tertiary alicyclic amines) is 2. The normalized spacial score (nSPS) is 20.3. The summed E-state index contributed by atoms with van der Waals surface area (Å²) in [7, 11) is 3.47. The maximum Gasteiger partial charge on any atom is 0.317 e. The highest BCUT2D eigenvalue weighted by molar-refractivity contribution is 5.93. The topological polar surface area (TPSA) is 96.5 Å². The number of carbonyl (C=O) groups excluding carboxylic acids is 2. The molecule has 2 aliphatic heterocycles. The van der Waals surface area contributed by atoms with Crippen LogP contribution in [-0.4, -0.2) is 63.1 Å². The van der Waals surface area contributed by atoms with Crippen LogP contribution in [0, 0.1) is 0 Å². The number of aromatic nitrogens is 3. The predicted molar refractivity (Wildman–Crippen MR) is 91.5 cm³/mol. The molecule has 2 fully saturated rings. The molecule has 1 unspecified atom stereocenters. The van der Waals surface area contributed by atoms with Gasteiger partial charge in [-0.2, -0.15) is 4.98 Å². The molecule has 0 spiro atoms. The lowest BCUT2D eigenvalue weighted by atomic mass is 9.99. The fourth-order valence-electron chi connectivity index (χ4n) is 3.61. The first kappa shape index (κ1) is 16.6. The van der Waals surface area contributed by atoms with Crippen molar-refractivity contribution < 1.29 is 14.1 Å². The van der Waals surface area contributed by atoms with Gasteiger partial charge in [0.1, 0.15) is 11.7 Å². The zero-order valence-corrected chi connectivity index (χ0v) is 14.9. The third kappa shape index (κ3) is 2.73. The van der Waals surface area contributed by atoms with Crippen molar-refractivity contribution in [1.82, 2.24) is 29.8 Å². The maximum atomic E-state index is 12.4. The van der Waals surface area contributed by atoms with E-state index in [0.717, 1.165) is 12.8 Å². The molecule has 0 radical (unpaired) electrons. The van der Waals surface area contributed by atoms with Gasteiger partial charge in [-0.05, 0) is 25.0 Å². The lowest BCUT2D eigenvalue weighted by molar-refractivity contribution is 0.0582. The molecule has 26 heavy (non-hydrogen) atoms. The van der Waals surface area contributed by atoms with Crippen LogP contribution in [0.5, 0.6) is 0 Å².